The molecular weight excluding hydrogens is 617 g/mol. The van der Waals surface area contributed by atoms with Crippen LogP contribution in [0.15, 0.2) is 167 Å². The molecule has 3 aromatic heterocycles. The first kappa shape index (κ1) is 28.1. The molecule has 0 saturated heterocycles. The van der Waals surface area contributed by atoms with Gasteiger partial charge in [-0.15, -0.1) is 0 Å². The maximum Gasteiger partial charge on any atom is 0.227 e. The standard InChI is InChI=1S/C44H26N4O2/c1-3-9-27(10-4-1)29-15-18-30(19-16-29)41-46-42(33-20-17-28-11-7-8-14-32(28)23-33)48-43(47-41)34-21-22-35-36-25-40-37(26-39(36)49-38(35)24-34)45-44(50-40)31-12-5-2-6-13-31/h1-26H. The normalized spacial score (nSPS) is 11.6. The Morgan fingerprint density at radius 1 is 0.320 bits per heavy atom. The Bertz CT molecular complexity index is 2860. The molecular formula is C44H26N4O2. The summed E-state index contributed by atoms with van der Waals surface area (Å²) in [4.78, 5) is 19.8. The number of fused-ring (bicyclic) bond motifs is 5. The topological polar surface area (TPSA) is 77.8 Å². The van der Waals surface area contributed by atoms with Gasteiger partial charge in [-0.05, 0) is 58.3 Å². The fraction of sp³-hybridized carbons (Fsp3) is 0. The molecule has 234 valence electrons. The lowest BCUT2D eigenvalue weighted by Gasteiger charge is -2.10. The van der Waals surface area contributed by atoms with Crippen molar-refractivity contribution >= 4 is 43.8 Å². The highest BCUT2D eigenvalue weighted by molar-refractivity contribution is 6.09. The van der Waals surface area contributed by atoms with E-state index in [0.29, 0.717) is 28.9 Å². The Kier molecular flexibility index (Phi) is 6.39. The first-order valence-electron chi connectivity index (χ1n) is 16.5. The number of aromatic nitrogens is 4. The largest absolute Gasteiger partial charge is 0.456 e. The van der Waals surface area contributed by atoms with Crippen molar-refractivity contribution in [3.63, 3.8) is 0 Å². The van der Waals surface area contributed by atoms with Gasteiger partial charge in [-0.3, -0.25) is 0 Å². The fourth-order valence-corrected chi connectivity index (χ4v) is 6.57. The zero-order valence-corrected chi connectivity index (χ0v) is 26.6. The number of benzene rings is 7. The minimum atomic E-state index is 0.565. The van der Waals surface area contributed by atoms with E-state index in [0.717, 1.165) is 71.6 Å². The molecule has 3 heterocycles. The van der Waals surface area contributed by atoms with Gasteiger partial charge in [-0.25, -0.2) is 19.9 Å². The van der Waals surface area contributed by atoms with Crippen molar-refractivity contribution in [2.24, 2.45) is 0 Å². The summed E-state index contributed by atoms with van der Waals surface area (Å²) in [6, 6.07) is 53.3. The second-order valence-electron chi connectivity index (χ2n) is 12.3. The number of hydrogen-bond donors (Lipinski definition) is 0. The van der Waals surface area contributed by atoms with Crippen LogP contribution in [-0.2, 0) is 0 Å². The summed E-state index contributed by atoms with van der Waals surface area (Å²) in [5.41, 5.74) is 8.81. The second-order valence-corrected chi connectivity index (χ2v) is 12.3. The van der Waals surface area contributed by atoms with Crippen LogP contribution in [0.5, 0.6) is 0 Å². The van der Waals surface area contributed by atoms with Gasteiger partial charge in [-0.2, -0.15) is 0 Å². The van der Waals surface area contributed by atoms with Gasteiger partial charge in [-0.1, -0.05) is 115 Å². The molecule has 0 unspecified atom stereocenters. The van der Waals surface area contributed by atoms with Crippen LogP contribution in [0.25, 0.3) is 101 Å². The maximum atomic E-state index is 6.42. The predicted molar refractivity (Wildman–Crippen MR) is 199 cm³/mol. The number of hydrogen-bond acceptors (Lipinski definition) is 6. The van der Waals surface area contributed by atoms with Gasteiger partial charge < -0.3 is 8.83 Å². The molecule has 0 bridgehead atoms. The van der Waals surface area contributed by atoms with Crippen LogP contribution in [0.2, 0.25) is 0 Å². The Morgan fingerprint density at radius 3 is 1.64 bits per heavy atom. The third kappa shape index (κ3) is 4.90. The molecule has 0 fully saturated rings. The summed E-state index contributed by atoms with van der Waals surface area (Å²) in [6.07, 6.45) is 0. The van der Waals surface area contributed by atoms with Crippen molar-refractivity contribution in [3.05, 3.63) is 158 Å². The van der Waals surface area contributed by atoms with E-state index < -0.39 is 0 Å². The van der Waals surface area contributed by atoms with Crippen molar-refractivity contribution in [2.75, 3.05) is 0 Å². The summed E-state index contributed by atoms with van der Waals surface area (Å²) < 4.78 is 12.6. The zero-order chi connectivity index (χ0) is 33.0. The monoisotopic (exact) mass is 642 g/mol. The lowest BCUT2D eigenvalue weighted by molar-refractivity contribution is 0.620. The van der Waals surface area contributed by atoms with Crippen LogP contribution in [0.1, 0.15) is 0 Å². The maximum absolute atomic E-state index is 6.42. The van der Waals surface area contributed by atoms with E-state index in [4.69, 9.17) is 28.8 Å². The number of furan rings is 1. The molecule has 0 aliphatic rings. The van der Waals surface area contributed by atoms with E-state index in [1.54, 1.807) is 0 Å². The Hall–Kier alpha value is -6.92. The molecule has 7 aromatic carbocycles. The summed E-state index contributed by atoms with van der Waals surface area (Å²) >= 11 is 0. The smallest absolute Gasteiger partial charge is 0.227 e. The average Bonchev–Trinajstić information content (AvgIpc) is 3.77. The molecule has 0 aliphatic carbocycles. The van der Waals surface area contributed by atoms with E-state index in [2.05, 4.69) is 72.8 Å². The molecule has 10 rings (SSSR count). The van der Waals surface area contributed by atoms with Gasteiger partial charge >= 0.3 is 0 Å². The molecule has 0 amide bonds. The van der Waals surface area contributed by atoms with Gasteiger partial charge in [0.2, 0.25) is 5.89 Å². The Balaban J connectivity index is 1.09. The summed E-state index contributed by atoms with van der Waals surface area (Å²) in [7, 11) is 0. The van der Waals surface area contributed by atoms with E-state index in [1.807, 2.05) is 84.9 Å². The summed E-state index contributed by atoms with van der Waals surface area (Å²) in [6.45, 7) is 0. The number of rotatable bonds is 5. The first-order chi connectivity index (χ1) is 24.7. The van der Waals surface area contributed by atoms with Crippen molar-refractivity contribution in [1.82, 2.24) is 19.9 Å². The Morgan fingerprint density at radius 2 is 0.880 bits per heavy atom. The zero-order valence-electron chi connectivity index (χ0n) is 26.6. The number of oxazole rings is 1. The van der Waals surface area contributed by atoms with Crippen molar-refractivity contribution in [1.29, 1.82) is 0 Å². The lowest BCUT2D eigenvalue weighted by Crippen LogP contribution is -2.00. The highest BCUT2D eigenvalue weighted by Crippen LogP contribution is 2.36. The van der Waals surface area contributed by atoms with Gasteiger partial charge in [0.05, 0.1) is 0 Å². The third-order valence-electron chi connectivity index (χ3n) is 9.15. The van der Waals surface area contributed by atoms with Crippen molar-refractivity contribution in [3.8, 4) is 56.7 Å². The van der Waals surface area contributed by atoms with Gasteiger partial charge in [0.1, 0.15) is 16.7 Å². The number of nitrogens with zero attached hydrogens (tertiary/aromatic N) is 4. The highest BCUT2D eigenvalue weighted by Gasteiger charge is 2.17. The van der Waals surface area contributed by atoms with Gasteiger partial charge in [0, 0.05) is 39.1 Å². The summed E-state index contributed by atoms with van der Waals surface area (Å²) in [5, 5.41) is 4.22. The molecule has 0 radical (unpaired) electrons. The van der Waals surface area contributed by atoms with E-state index in [1.165, 1.54) is 0 Å². The third-order valence-corrected chi connectivity index (χ3v) is 9.15. The SMILES string of the molecule is c1ccc(-c2ccc(-c3nc(-c4ccc5ccccc5c4)nc(-c4ccc5c(c4)oc4cc6nc(-c7ccccc7)oc6cc45)n3)cc2)cc1. The van der Waals surface area contributed by atoms with E-state index >= 15 is 0 Å². The molecule has 0 N–H and O–H groups in total. The minimum Gasteiger partial charge on any atom is -0.456 e. The van der Waals surface area contributed by atoms with E-state index in [-0.39, 0.29) is 0 Å². The van der Waals surface area contributed by atoms with Crippen LogP contribution in [-0.4, -0.2) is 19.9 Å². The molecule has 0 atom stereocenters. The Labute approximate surface area is 286 Å². The van der Waals surface area contributed by atoms with E-state index in [9.17, 15) is 0 Å². The van der Waals surface area contributed by atoms with Gasteiger partial charge in [0.25, 0.3) is 0 Å². The van der Waals surface area contributed by atoms with Crippen LogP contribution < -0.4 is 0 Å². The molecule has 50 heavy (non-hydrogen) atoms. The first-order valence-corrected chi connectivity index (χ1v) is 16.5. The van der Waals surface area contributed by atoms with Crippen molar-refractivity contribution < 1.29 is 8.83 Å². The average molecular weight is 643 g/mol. The second kappa shape index (κ2) is 11.4. The van der Waals surface area contributed by atoms with Crippen LogP contribution in [0.3, 0.4) is 0 Å². The highest BCUT2D eigenvalue weighted by atomic mass is 16.4. The van der Waals surface area contributed by atoms with Crippen LogP contribution in [0.4, 0.5) is 0 Å². The minimum absolute atomic E-state index is 0.565. The summed E-state index contributed by atoms with van der Waals surface area (Å²) in [5.74, 6) is 2.36. The van der Waals surface area contributed by atoms with Crippen LogP contribution in [0, 0.1) is 0 Å². The molecule has 0 saturated carbocycles. The lowest BCUT2D eigenvalue weighted by atomic mass is 10.0. The molecule has 0 aliphatic heterocycles. The van der Waals surface area contributed by atoms with Crippen LogP contribution >= 0.6 is 0 Å². The molecule has 6 nitrogen and oxygen atoms in total. The molecule has 0 spiro atoms. The quantitative estimate of drug-likeness (QED) is 0.186. The fourth-order valence-electron chi connectivity index (χ4n) is 6.57. The molecule has 10 aromatic rings. The predicted octanol–water partition coefficient (Wildman–Crippen LogP) is 11.4. The molecule has 6 heteroatoms. The van der Waals surface area contributed by atoms with Crippen molar-refractivity contribution in [2.45, 2.75) is 0 Å². The van der Waals surface area contributed by atoms with Gasteiger partial charge in [0.15, 0.2) is 23.1 Å².